The Kier molecular flexibility index (Phi) is 5.39. The predicted octanol–water partition coefficient (Wildman–Crippen LogP) is 3.88. The number of hydrazine groups is 1. The van der Waals surface area contributed by atoms with Crippen molar-refractivity contribution in [2.75, 3.05) is 6.61 Å². The average Bonchev–Trinajstić information content (AvgIpc) is 2.47. The van der Waals surface area contributed by atoms with Gasteiger partial charge in [0.2, 0.25) is 0 Å². The van der Waals surface area contributed by atoms with Gasteiger partial charge in [-0.15, -0.1) is 0 Å². The van der Waals surface area contributed by atoms with Gasteiger partial charge in [-0.05, 0) is 37.3 Å². The smallest absolute Gasteiger partial charge is 0.265 e. The van der Waals surface area contributed by atoms with E-state index in [1.165, 1.54) is 0 Å². The molecule has 0 atom stereocenters. The van der Waals surface area contributed by atoms with Gasteiger partial charge in [0.15, 0.2) is 0 Å². The molecule has 2 rings (SSSR count). The molecule has 0 aliphatic heterocycles. The van der Waals surface area contributed by atoms with Crippen LogP contribution in [0.2, 0.25) is 0 Å². The van der Waals surface area contributed by atoms with E-state index in [1.807, 2.05) is 31.2 Å². The summed E-state index contributed by atoms with van der Waals surface area (Å²) in [7, 11) is 0. The first kappa shape index (κ1) is 16.0. The van der Waals surface area contributed by atoms with Crippen molar-refractivity contribution in [1.29, 1.82) is 0 Å². The second kappa shape index (κ2) is 7.06. The molecule has 4 nitrogen and oxygen atoms in total. The molecule has 6 heteroatoms. The predicted molar refractivity (Wildman–Crippen MR) is 90.1 cm³/mol. The Morgan fingerprint density at radius 3 is 2.48 bits per heavy atom. The molecule has 0 fully saturated rings. The summed E-state index contributed by atoms with van der Waals surface area (Å²) < 4.78 is 7.27. The number of halogens is 2. The average molecular weight is 414 g/mol. The van der Waals surface area contributed by atoms with Gasteiger partial charge in [-0.2, -0.15) is 0 Å². The molecule has 0 unspecified atom stereocenters. The van der Waals surface area contributed by atoms with Gasteiger partial charge in [0.25, 0.3) is 5.91 Å². The first-order valence-electron chi connectivity index (χ1n) is 6.30. The maximum Gasteiger partial charge on any atom is 0.265 e. The van der Waals surface area contributed by atoms with Gasteiger partial charge in [0.05, 0.1) is 6.61 Å². The molecule has 0 aliphatic rings. The first-order valence-corrected chi connectivity index (χ1v) is 7.89. The van der Waals surface area contributed by atoms with Crippen molar-refractivity contribution in [2.45, 2.75) is 6.92 Å². The summed E-state index contributed by atoms with van der Waals surface area (Å²) in [6, 6.07) is 11.0. The quantitative estimate of drug-likeness (QED) is 0.454. The number of nitrogens with two attached hydrogens (primary N) is 1. The Hall–Kier alpha value is -1.37. The molecule has 0 aromatic heterocycles. The van der Waals surface area contributed by atoms with Crippen LogP contribution in [-0.2, 0) is 0 Å². The standard InChI is InChI=1S/C15H14Br2N2O2/c1-2-21-9-6-7-10(15(20)19-18)11(8-9)14-12(16)4-3-5-13(14)17/h3-8H,2,18H2,1H3,(H,19,20). The van der Waals surface area contributed by atoms with Crippen LogP contribution in [0.4, 0.5) is 0 Å². The summed E-state index contributed by atoms with van der Waals surface area (Å²) in [6.07, 6.45) is 0. The molecular formula is C15H14Br2N2O2. The van der Waals surface area contributed by atoms with Crippen LogP contribution in [0.1, 0.15) is 17.3 Å². The van der Waals surface area contributed by atoms with Crippen LogP contribution in [0.5, 0.6) is 5.75 Å². The molecule has 0 radical (unpaired) electrons. The number of benzene rings is 2. The van der Waals surface area contributed by atoms with Gasteiger partial charge in [-0.25, -0.2) is 5.84 Å². The zero-order valence-electron chi connectivity index (χ0n) is 11.3. The van der Waals surface area contributed by atoms with Crippen molar-refractivity contribution in [3.05, 3.63) is 50.9 Å². The Morgan fingerprint density at radius 1 is 1.24 bits per heavy atom. The fourth-order valence-corrected chi connectivity index (χ4v) is 3.44. The third-order valence-electron chi connectivity index (χ3n) is 2.91. The molecule has 21 heavy (non-hydrogen) atoms. The van der Waals surface area contributed by atoms with Gasteiger partial charge in [-0.1, -0.05) is 37.9 Å². The maximum atomic E-state index is 12.0. The van der Waals surface area contributed by atoms with E-state index in [4.69, 9.17) is 10.6 Å². The van der Waals surface area contributed by atoms with Crippen molar-refractivity contribution >= 4 is 37.8 Å². The zero-order valence-corrected chi connectivity index (χ0v) is 14.5. The lowest BCUT2D eigenvalue weighted by molar-refractivity contribution is 0.0954. The van der Waals surface area contributed by atoms with E-state index in [0.717, 1.165) is 20.1 Å². The van der Waals surface area contributed by atoms with Crippen molar-refractivity contribution in [3.8, 4) is 16.9 Å². The zero-order chi connectivity index (χ0) is 15.4. The molecule has 3 N–H and O–H groups in total. The van der Waals surface area contributed by atoms with E-state index in [9.17, 15) is 4.79 Å². The van der Waals surface area contributed by atoms with Crippen molar-refractivity contribution in [2.24, 2.45) is 5.84 Å². The highest BCUT2D eigenvalue weighted by Gasteiger charge is 2.17. The molecule has 0 saturated heterocycles. The summed E-state index contributed by atoms with van der Waals surface area (Å²) in [5.74, 6) is 5.62. The van der Waals surface area contributed by atoms with Crippen LogP contribution in [-0.4, -0.2) is 12.5 Å². The molecule has 2 aromatic rings. The van der Waals surface area contributed by atoms with Crippen LogP contribution in [0.3, 0.4) is 0 Å². The molecular weight excluding hydrogens is 400 g/mol. The Labute approximate surface area is 139 Å². The fraction of sp³-hybridized carbons (Fsp3) is 0.133. The van der Waals surface area contributed by atoms with E-state index in [1.54, 1.807) is 12.1 Å². The van der Waals surface area contributed by atoms with Gasteiger partial charge >= 0.3 is 0 Å². The Bertz CT molecular complexity index is 654. The topological polar surface area (TPSA) is 64.3 Å². The van der Waals surface area contributed by atoms with Crippen LogP contribution in [0.25, 0.3) is 11.1 Å². The first-order chi connectivity index (χ1) is 10.1. The molecule has 0 bridgehead atoms. The van der Waals surface area contributed by atoms with E-state index < -0.39 is 0 Å². The lowest BCUT2D eigenvalue weighted by atomic mass is 9.99. The van der Waals surface area contributed by atoms with E-state index >= 15 is 0 Å². The van der Waals surface area contributed by atoms with E-state index in [0.29, 0.717) is 17.9 Å². The minimum absolute atomic E-state index is 0.351. The second-order valence-corrected chi connectivity index (χ2v) is 5.92. The van der Waals surface area contributed by atoms with Crippen molar-refractivity contribution in [1.82, 2.24) is 5.43 Å². The molecule has 1 amide bonds. The fourth-order valence-electron chi connectivity index (χ4n) is 2.02. The summed E-state index contributed by atoms with van der Waals surface area (Å²) in [5, 5.41) is 0. The Morgan fingerprint density at radius 2 is 1.90 bits per heavy atom. The van der Waals surface area contributed by atoms with Gasteiger partial charge in [0, 0.05) is 25.6 Å². The van der Waals surface area contributed by atoms with Crippen LogP contribution >= 0.6 is 31.9 Å². The summed E-state index contributed by atoms with van der Waals surface area (Å²) in [5.41, 5.74) is 4.26. The van der Waals surface area contributed by atoms with E-state index in [2.05, 4.69) is 37.3 Å². The SMILES string of the molecule is CCOc1ccc(C(=O)NN)c(-c2c(Br)cccc2Br)c1. The number of hydrogen-bond donors (Lipinski definition) is 2. The molecule has 0 aliphatic carbocycles. The van der Waals surface area contributed by atoms with Gasteiger partial charge in [-0.3, -0.25) is 10.2 Å². The number of hydrogen-bond acceptors (Lipinski definition) is 3. The minimum atomic E-state index is -0.351. The number of carbonyl (C=O) groups excluding carboxylic acids is 1. The summed E-state index contributed by atoms with van der Waals surface area (Å²) in [6.45, 7) is 2.47. The van der Waals surface area contributed by atoms with Gasteiger partial charge < -0.3 is 4.74 Å². The second-order valence-electron chi connectivity index (χ2n) is 4.21. The molecule has 2 aromatic carbocycles. The maximum absolute atomic E-state index is 12.0. The number of nitrogen functional groups attached to an aromatic ring is 1. The third kappa shape index (κ3) is 3.45. The van der Waals surface area contributed by atoms with E-state index in [-0.39, 0.29) is 5.91 Å². The summed E-state index contributed by atoms with van der Waals surface area (Å²) in [4.78, 5) is 12.0. The molecule has 0 saturated carbocycles. The molecule has 0 heterocycles. The highest BCUT2D eigenvalue weighted by atomic mass is 79.9. The number of ether oxygens (including phenoxy) is 1. The lowest BCUT2D eigenvalue weighted by Gasteiger charge is -2.14. The number of amides is 1. The Balaban J connectivity index is 2.68. The number of carbonyl (C=O) groups is 1. The summed E-state index contributed by atoms with van der Waals surface area (Å²) >= 11 is 7.04. The van der Waals surface area contributed by atoms with Crippen LogP contribution in [0, 0.1) is 0 Å². The largest absolute Gasteiger partial charge is 0.494 e. The molecule has 0 spiro atoms. The number of rotatable bonds is 4. The van der Waals surface area contributed by atoms with Crippen molar-refractivity contribution in [3.63, 3.8) is 0 Å². The highest BCUT2D eigenvalue weighted by molar-refractivity contribution is 9.11. The van der Waals surface area contributed by atoms with Crippen molar-refractivity contribution < 1.29 is 9.53 Å². The monoisotopic (exact) mass is 412 g/mol. The number of nitrogens with one attached hydrogen (secondary N) is 1. The van der Waals surface area contributed by atoms with Crippen LogP contribution in [0.15, 0.2) is 45.3 Å². The molecule has 110 valence electrons. The van der Waals surface area contributed by atoms with Gasteiger partial charge in [0.1, 0.15) is 5.75 Å². The van der Waals surface area contributed by atoms with Crippen LogP contribution < -0.4 is 16.0 Å². The lowest BCUT2D eigenvalue weighted by Crippen LogP contribution is -2.30. The third-order valence-corrected chi connectivity index (χ3v) is 4.23. The normalized spacial score (nSPS) is 10.3. The minimum Gasteiger partial charge on any atom is -0.494 e. The highest BCUT2D eigenvalue weighted by Crippen LogP contribution is 2.38.